The fourth-order valence-electron chi connectivity index (χ4n) is 2.65. The number of primary sulfonamides is 1. The van der Waals surface area contributed by atoms with E-state index in [9.17, 15) is 13.2 Å². The first kappa shape index (κ1) is 16.4. The van der Waals surface area contributed by atoms with Crippen LogP contribution in [0, 0.1) is 0 Å². The van der Waals surface area contributed by atoms with Gasteiger partial charge in [-0.25, -0.2) is 18.2 Å². The van der Waals surface area contributed by atoms with Gasteiger partial charge in [0.1, 0.15) is 0 Å². The fourth-order valence-corrected chi connectivity index (χ4v) is 3.31. The van der Waals surface area contributed by atoms with Crippen molar-refractivity contribution in [1.82, 2.24) is 9.78 Å². The summed E-state index contributed by atoms with van der Waals surface area (Å²) < 4.78 is 23.8. The summed E-state index contributed by atoms with van der Waals surface area (Å²) in [6.07, 6.45) is 0. The van der Waals surface area contributed by atoms with Crippen LogP contribution in [0.15, 0.2) is 53.3 Å². The third kappa shape index (κ3) is 3.22. The minimum absolute atomic E-state index is 0.123. The number of hydrogen-bond donors (Lipinski definition) is 1. The highest BCUT2D eigenvalue weighted by Gasteiger charge is 2.12. The smallest absolute Gasteiger partial charge is 0.267 e. The van der Waals surface area contributed by atoms with E-state index in [-0.39, 0.29) is 11.3 Å². The zero-order valence-electron chi connectivity index (χ0n) is 13.1. The lowest BCUT2D eigenvalue weighted by atomic mass is 10.0. The van der Waals surface area contributed by atoms with E-state index in [1.54, 1.807) is 30.3 Å². The summed E-state index contributed by atoms with van der Waals surface area (Å²) in [5.41, 5.74) is 1.98. The highest BCUT2D eigenvalue weighted by Crippen LogP contribution is 2.25. The Balaban J connectivity index is 2.16. The maximum atomic E-state index is 12.4. The summed E-state index contributed by atoms with van der Waals surface area (Å²) in [7, 11) is -3.57. The number of aromatic nitrogens is 2. The van der Waals surface area contributed by atoms with Crippen LogP contribution in [0.3, 0.4) is 0 Å². The minimum atomic E-state index is -3.57. The lowest BCUT2D eigenvalue weighted by Gasteiger charge is -2.10. The van der Waals surface area contributed by atoms with E-state index < -0.39 is 10.0 Å². The third-order valence-electron chi connectivity index (χ3n) is 3.76. The van der Waals surface area contributed by atoms with Crippen molar-refractivity contribution in [3.63, 3.8) is 0 Å². The lowest BCUT2D eigenvalue weighted by Crippen LogP contribution is -2.22. The van der Waals surface area contributed by atoms with Crippen LogP contribution in [0.4, 0.5) is 0 Å². The summed E-state index contributed by atoms with van der Waals surface area (Å²) in [5.74, 6) is -0.212. The maximum Gasteiger partial charge on any atom is 0.274 e. The first-order chi connectivity index (χ1) is 11.4. The molecule has 0 saturated carbocycles. The summed E-state index contributed by atoms with van der Waals surface area (Å²) in [4.78, 5) is 12.4. The molecule has 0 atom stereocenters. The predicted molar refractivity (Wildman–Crippen MR) is 93.9 cm³/mol. The predicted octanol–water partition coefficient (Wildman–Crippen LogP) is 1.87. The molecule has 0 aliphatic rings. The van der Waals surface area contributed by atoms with E-state index in [4.69, 9.17) is 5.14 Å². The monoisotopic (exact) mass is 343 g/mol. The molecule has 0 spiro atoms. The summed E-state index contributed by atoms with van der Waals surface area (Å²) >= 11 is 0. The van der Waals surface area contributed by atoms with Gasteiger partial charge < -0.3 is 0 Å². The molecule has 3 aromatic rings. The summed E-state index contributed by atoms with van der Waals surface area (Å²) in [6.45, 7) is 2.34. The highest BCUT2D eigenvalue weighted by atomic mass is 32.2. The van der Waals surface area contributed by atoms with E-state index in [0.717, 1.165) is 10.9 Å². The number of benzene rings is 2. The molecule has 24 heavy (non-hydrogen) atoms. The third-order valence-corrected chi connectivity index (χ3v) is 4.50. The number of sulfonamides is 1. The van der Waals surface area contributed by atoms with Crippen molar-refractivity contribution in [3.8, 4) is 11.3 Å². The fraction of sp³-hybridized carbons (Fsp3) is 0.176. The Morgan fingerprint density at radius 2 is 1.67 bits per heavy atom. The van der Waals surface area contributed by atoms with Crippen molar-refractivity contribution in [2.24, 2.45) is 5.14 Å². The van der Waals surface area contributed by atoms with Gasteiger partial charge in [0.25, 0.3) is 5.56 Å². The van der Waals surface area contributed by atoms with Crippen molar-refractivity contribution in [2.45, 2.75) is 19.2 Å². The molecule has 7 heteroatoms. The van der Waals surface area contributed by atoms with Crippen LogP contribution < -0.4 is 10.7 Å². The van der Waals surface area contributed by atoms with Gasteiger partial charge in [-0.1, -0.05) is 42.5 Å². The molecule has 124 valence electrons. The number of hydrogen-bond acceptors (Lipinski definition) is 4. The Morgan fingerprint density at radius 1 is 1.04 bits per heavy atom. The average molecular weight is 343 g/mol. The topological polar surface area (TPSA) is 95.1 Å². The molecular formula is C17H17N3O3S. The molecule has 0 bridgehead atoms. The molecule has 2 N–H and O–H groups in total. The number of aryl methyl sites for hydroxylation is 1. The van der Waals surface area contributed by atoms with Crippen molar-refractivity contribution in [1.29, 1.82) is 0 Å². The molecule has 1 aromatic heterocycles. The van der Waals surface area contributed by atoms with Crippen LogP contribution in [0.25, 0.3) is 22.0 Å². The summed E-state index contributed by atoms with van der Waals surface area (Å²) in [6, 6.07) is 14.3. The SMILES string of the molecule is CCn1nc(-c2ccc(CS(N)(=O)=O)cc2)c2ccccc2c1=O. The second kappa shape index (κ2) is 6.18. The second-order valence-electron chi connectivity index (χ2n) is 5.52. The molecule has 0 unspecified atom stereocenters. The van der Waals surface area contributed by atoms with Gasteiger partial charge in [0.2, 0.25) is 10.0 Å². The molecule has 3 rings (SSSR count). The number of nitrogens with zero attached hydrogens (tertiary/aromatic N) is 2. The highest BCUT2D eigenvalue weighted by molar-refractivity contribution is 7.88. The molecule has 0 aliphatic carbocycles. The van der Waals surface area contributed by atoms with Gasteiger partial charge >= 0.3 is 0 Å². The Kier molecular flexibility index (Phi) is 4.21. The quantitative estimate of drug-likeness (QED) is 0.782. The van der Waals surface area contributed by atoms with E-state index in [2.05, 4.69) is 5.10 Å². The van der Waals surface area contributed by atoms with Gasteiger partial charge in [-0.3, -0.25) is 4.79 Å². The van der Waals surface area contributed by atoms with Gasteiger partial charge in [-0.05, 0) is 18.6 Å². The van der Waals surface area contributed by atoms with Crippen molar-refractivity contribution >= 4 is 20.8 Å². The van der Waals surface area contributed by atoms with Crippen LogP contribution in [0.5, 0.6) is 0 Å². The van der Waals surface area contributed by atoms with E-state index in [0.29, 0.717) is 23.2 Å². The van der Waals surface area contributed by atoms with E-state index in [1.165, 1.54) is 4.68 Å². The Bertz CT molecular complexity index is 1050. The van der Waals surface area contributed by atoms with Crippen LogP contribution >= 0.6 is 0 Å². The van der Waals surface area contributed by atoms with Gasteiger partial charge in [0.15, 0.2) is 0 Å². The van der Waals surface area contributed by atoms with Gasteiger partial charge in [0.05, 0.1) is 16.8 Å². The van der Waals surface area contributed by atoms with Crippen LogP contribution in [-0.2, 0) is 22.3 Å². The zero-order chi connectivity index (χ0) is 17.3. The first-order valence-electron chi connectivity index (χ1n) is 7.48. The molecular weight excluding hydrogens is 326 g/mol. The normalized spacial score (nSPS) is 11.8. The standard InChI is InChI=1S/C17H17N3O3S/c1-2-20-17(21)15-6-4-3-5-14(15)16(19-20)13-9-7-12(8-10-13)11-24(18,22)23/h3-10H,2,11H2,1H3,(H2,18,22,23). The van der Waals surface area contributed by atoms with E-state index in [1.807, 2.05) is 25.1 Å². The Labute approximate surface area is 139 Å². The zero-order valence-corrected chi connectivity index (χ0v) is 14.0. The van der Waals surface area contributed by atoms with E-state index >= 15 is 0 Å². The van der Waals surface area contributed by atoms with Crippen molar-refractivity contribution in [3.05, 3.63) is 64.4 Å². The number of fused-ring (bicyclic) bond motifs is 1. The molecule has 0 radical (unpaired) electrons. The van der Waals surface area contributed by atoms with Crippen molar-refractivity contribution in [2.75, 3.05) is 0 Å². The van der Waals surface area contributed by atoms with Gasteiger partial charge in [-0.2, -0.15) is 5.10 Å². The Morgan fingerprint density at radius 3 is 2.25 bits per heavy atom. The van der Waals surface area contributed by atoms with Crippen LogP contribution in [0.1, 0.15) is 12.5 Å². The first-order valence-corrected chi connectivity index (χ1v) is 9.20. The van der Waals surface area contributed by atoms with Gasteiger partial charge in [-0.15, -0.1) is 0 Å². The molecule has 2 aromatic carbocycles. The molecule has 1 heterocycles. The molecule has 0 aliphatic heterocycles. The second-order valence-corrected chi connectivity index (χ2v) is 7.13. The number of rotatable bonds is 4. The molecule has 6 nitrogen and oxygen atoms in total. The molecule has 0 fully saturated rings. The summed E-state index contributed by atoms with van der Waals surface area (Å²) in [5, 5.41) is 10.9. The lowest BCUT2D eigenvalue weighted by molar-refractivity contribution is 0.597. The van der Waals surface area contributed by atoms with Crippen LogP contribution in [0.2, 0.25) is 0 Å². The largest absolute Gasteiger partial charge is 0.274 e. The van der Waals surface area contributed by atoms with Crippen LogP contribution in [-0.4, -0.2) is 18.2 Å². The minimum Gasteiger partial charge on any atom is -0.267 e. The Hall–Kier alpha value is -2.51. The maximum absolute atomic E-state index is 12.4. The molecule has 0 saturated heterocycles. The van der Waals surface area contributed by atoms with Crippen molar-refractivity contribution < 1.29 is 8.42 Å². The van der Waals surface area contributed by atoms with Gasteiger partial charge in [0, 0.05) is 17.5 Å². The number of nitrogens with two attached hydrogens (primary N) is 1. The molecule has 0 amide bonds. The average Bonchev–Trinajstić information content (AvgIpc) is 2.55.